The molecule has 0 unspecified atom stereocenters. The van der Waals surface area contributed by atoms with Gasteiger partial charge in [0.2, 0.25) is 5.75 Å². The predicted molar refractivity (Wildman–Crippen MR) is 165 cm³/mol. The number of hydroxylamine groups is 2. The number of anilines is 1. The van der Waals surface area contributed by atoms with Crippen LogP contribution in [0.4, 0.5) is 5.69 Å². The fourth-order valence-electron chi connectivity index (χ4n) is 6.16. The molecule has 3 amide bonds. The number of benzene rings is 4. The van der Waals surface area contributed by atoms with Crippen LogP contribution < -0.4 is 23.9 Å². The molecule has 0 spiro atoms. The van der Waals surface area contributed by atoms with Gasteiger partial charge >= 0.3 is 0 Å². The van der Waals surface area contributed by atoms with Crippen molar-refractivity contribution in [1.82, 2.24) is 10.0 Å². The Morgan fingerprint density at radius 3 is 2.16 bits per heavy atom. The normalized spacial score (nSPS) is 15.6. The average Bonchev–Trinajstić information content (AvgIpc) is 3.72. The molecule has 2 aliphatic heterocycles. The third-order valence-electron chi connectivity index (χ3n) is 8.16. The van der Waals surface area contributed by atoms with Crippen molar-refractivity contribution in [2.45, 2.75) is 5.92 Å². The summed E-state index contributed by atoms with van der Waals surface area (Å²) >= 11 is 6.47. The van der Waals surface area contributed by atoms with E-state index in [1.807, 2.05) is 24.3 Å². The lowest BCUT2D eigenvalue weighted by atomic mass is 9.95. The molecule has 10 nitrogen and oxygen atoms in total. The maximum absolute atomic E-state index is 14.2. The highest BCUT2D eigenvalue weighted by molar-refractivity contribution is 6.21. The van der Waals surface area contributed by atoms with Crippen LogP contribution in [0.15, 0.2) is 66.7 Å². The van der Waals surface area contributed by atoms with Gasteiger partial charge in [-0.3, -0.25) is 14.4 Å². The summed E-state index contributed by atoms with van der Waals surface area (Å²) in [6, 6.07) is 19.3. The molecule has 0 fully saturated rings. The third-order valence-corrected chi connectivity index (χ3v) is 8.53. The summed E-state index contributed by atoms with van der Waals surface area (Å²) in [7, 11) is 4.56. The summed E-state index contributed by atoms with van der Waals surface area (Å²) in [6.07, 6.45) is 0. The van der Waals surface area contributed by atoms with E-state index in [4.69, 9.17) is 30.6 Å². The van der Waals surface area contributed by atoms with Crippen molar-refractivity contribution >= 4 is 56.7 Å². The molecule has 2 aliphatic rings. The molecule has 44 heavy (non-hydrogen) atoms. The minimum Gasteiger partial charge on any atom is -0.493 e. The summed E-state index contributed by atoms with van der Waals surface area (Å²) in [5.41, 5.74) is 2.89. The first-order valence-corrected chi connectivity index (χ1v) is 14.3. The molecule has 1 N–H and O–H groups in total. The van der Waals surface area contributed by atoms with E-state index >= 15 is 0 Å². The quantitative estimate of drug-likeness (QED) is 0.180. The number of aromatic nitrogens is 1. The second kappa shape index (κ2) is 10.5. The number of rotatable bonds is 7. The largest absolute Gasteiger partial charge is 0.493 e. The fraction of sp³-hybridized carbons (Fsp3) is 0.182. The molecule has 0 bridgehead atoms. The SMILES string of the molecule is COc1cc2cc(C(=O)N3C[C@@H](CCl)c4c3cc(ON3C(=O)c5ccccc5C3=O)c3ccccc43)[nH]c2c(OC)c1OC. The minimum atomic E-state index is -0.556. The Labute approximate surface area is 256 Å². The van der Waals surface area contributed by atoms with Gasteiger partial charge in [0.05, 0.1) is 43.7 Å². The van der Waals surface area contributed by atoms with Crippen molar-refractivity contribution in [3.8, 4) is 23.0 Å². The number of halogens is 1. The van der Waals surface area contributed by atoms with Crippen molar-refractivity contribution in [2.24, 2.45) is 0 Å². The van der Waals surface area contributed by atoms with Crippen molar-refractivity contribution in [1.29, 1.82) is 0 Å². The molecule has 1 aromatic heterocycles. The molecule has 1 atom stereocenters. The monoisotopic (exact) mass is 611 g/mol. The molecule has 222 valence electrons. The number of hydrogen-bond acceptors (Lipinski definition) is 7. The number of amides is 3. The first kappa shape index (κ1) is 27.6. The lowest BCUT2D eigenvalue weighted by Crippen LogP contribution is -2.33. The zero-order chi connectivity index (χ0) is 30.7. The molecule has 3 heterocycles. The Hall–Kier alpha value is -5.22. The number of hydrogen-bond donors (Lipinski definition) is 1. The lowest BCUT2D eigenvalue weighted by Gasteiger charge is -2.21. The van der Waals surface area contributed by atoms with Gasteiger partial charge in [-0.15, -0.1) is 11.6 Å². The van der Waals surface area contributed by atoms with E-state index in [9.17, 15) is 14.4 Å². The van der Waals surface area contributed by atoms with E-state index in [-0.39, 0.29) is 34.6 Å². The fourth-order valence-corrected chi connectivity index (χ4v) is 6.41. The standard InChI is InChI=1S/C33H26ClN3O7/c1-41-26-13-17-12-23(35-28(17)30(43-3)29(26)42-2)33(40)36-16-18(15-34)27-20-9-5-4-8-19(20)25(14-24(27)36)44-37-31(38)21-10-6-7-11-22(21)32(37)39/h4-14,18,35H,15-16H2,1-3H3/t18-/m1/s1. The van der Waals surface area contributed by atoms with Crippen LogP contribution in [0.3, 0.4) is 0 Å². The molecule has 11 heteroatoms. The number of nitrogens with zero attached hydrogens (tertiary/aromatic N) is 2. The highest BCUT2D eigenvalue weighted by Gasteiger charge is 2.40. The van der Waals surface area contributed by atoms with Gasteiger partial charge in [0.25, 0.3) is 17.7 Å². The Morgan fingerprint density at radius 2 is 1.52 bits per heavy atom. The highest BCUT2D eigenvalue weighted by atomic mass is 35.5. The summed E-state index contributed by atoms with van der Waals surface area (Å²) < 4.78 is 16.6. The van der Waals surface area contributed by atoms with Crippen LogP contribution in [0.2, 0.25) is 0 Å². The number of aromatic amines is 1. The van der Waals surface area contributed by atoms with E-state index < -0.39 is 11.8 Å². The topological polar surface area (TPSA) is 110 Å². The molecule has 4 aromatic carbocycles. The van der Waals surface area contributed by atoms with Gasteiger partial charge in [0.1, 0.15) is 5.69 Å². The third kappa shape index (κ3) is 3.98. The first-order valence-electron chi connectivity index (χ1n) is 13.8. The van der Waals surface area contributed by atoms with Crippen molar-refractivity contribution in [3.05, 3.63) is 89.1 Å². The molecule has 7 rings (SSSR count). The van der Waals surface area contributed by atoms with E-state index in [1.54, 1.807) is 47.4 Å². The molecule has 0 aliphatic carbocycles. The van der Waals surface area contributed by atoms with E-state index in [2.05, 4.69) is 4.98 Å². The van der Waals surface area contributed by atoms with Gasteiger partial charge in [-0.1, -0.05) is 41.5 Å². The minimum absolute atomic E-state index is 0.173. The van der Waals surface area contributed by atoms with Crippen molar-refractivity contribution in [2.75, 3.05) is 38.7 Å². The maximum atomic E-state index is 14.2. The van der Waals surface area contributed by atoms with Gasteiger partial charge < -0.3 is 28.9 Å². The summed E-state index contributed by atoms with van der Waals surface area (Å²) in [5, 5.41) is 2.96. The van der Waals surface area contributed by atoms with E-state index in [1.165, 1.54) is 21.3 Å². The van der Waals surface area contributed by atoms with Crippen molar-refractivity contribution < 1.29 is 33.4 Å². The second-order valence-corrected chi connectivity index (χ2v) is 10.8. The summed E-state index contributed by atoms with van der Waals surface area (Å²) in [5.74, 6) is 0.209. The molecule has 5 aromatic rings. The number of methoxy groups -OCH3 is 3. The number of imide groups is 1. The van der Waals surface area contributed by atoms with Gasteiger partial charge in [-0.05, 0) is 35.2 Å². The number of alkyl halides is 1. The van der Waals surface area contributed by atoms with Gasteiger partial charge in [-0.25, -0.2) is 0 Å². The first-order chi connectivity index (χ1) is 21.4. The lowest BCUT2D eigenvalue weighted by molar-refractivity contribution is -0.0132. The second-order valence-electron chi connectivity index (χ2n) is 10.5. The predicted octanol–water partition coefficient (Wildman–Crippen LogP) is 5.92. The Morgan fingerprint density at radius 1 is 0.864 bits per heavy atom. The number of ether oxygens (including phenoxy) is 3. The molecule has 0 saturated heterocycles. The number of carbonyl (C=O) groups is 3. The van der Waals surface area contributed by atoms with E-state index in [0.29, 0.717) is 51.5 Å². The van der Waals surface area contributed by atoms with Crippen LogP contribution in [-0.2, 0) is 0 Å². The number of H-pyrrole nitrogens is 1. The summed E-state index contributed by atoms with van der Waals surface area (Å²) in [4.78, 5) is 51.3. The average molecular weight is 612 g/mol. The smallest absolute Gasteiger partial charge is 0.295 e. The number of carbonyl (C=O) groups excluding carboxylic acids is 3. The van der Waals surface area contributed by atoms with Gasteiger partial charge in [0, 0.05) is 35.2 Å². The van der Waals surface area contributed by atoms with Gasteiger partial charge in [0.15, 0.2) is 17.2 Å². The van der Waals surface area contributed by atoms with E-state index in [0.717, 1.165) is 16.0 Å². The molecular formula is C33H26ClN3O7. The number of nitrogens with one attached hydrogen (secondary N) is 1. The Balaban J connectivity index is 1.33. The van der Waals surface area contributed by atoms with Gasteiger partial charge in [-0.2, -0.15) is 0 Å². The zero-order valence-corrected chi connectivity index (χ0v) is 24.7. The highest BCUT2D eigenvalue weighted by Crippen LogP contribution is 2.47. The number of fused-ring (bicyclic) bond motifs is 5. The van der Waals surface area contributed by atoms with Crippen molar-refractivity contribution in [3.63, 3.8) is 0 Å². The van der Waals surface area contributed by atoms with Crippen LogP contribution in [0.1, 0.15) is 42.7 Å². The van der Waals surface area contributed by atoms with Crippen LogP contribution >= 0.6 is 11.6 Å². The molecular weight excluding hydrogens is 586 g/mol. The molecule has 0 radical (unpaired) electrons. The van der Waals surface area contributed by atoms with Crippen LogP contribution in [-0.4, -0.2) is 61.5 Å². The molecule has 0 saturated carbocycles. The Bertz CT molecular complexity index is 1990. The Kier molecular flexibility index (Phi) is 6.58. The van der Waals surface area contributed by atoms with Crippen LogP contribution in [0.5, 0.6) is 23.0 Å². The zero-order valence-electron chi connectivity index (χ0n) is 24.0. The maximum Gasteiger partial charge on any atom is 0.295 e. The van der Waals surface area contributed by atoms with Crippen LogP contribution in [0.25, 0.3) is 21.7 Å². The summed E-state index contributed by atoms with van der Waals surface area (Å²) in [6.45, 7) is 0.317. The van der Waals surface area contributed by atoms with Crippen LogP contribution in [0, 0.1) is 0 Å².